The molecule has 0 heterocycles. The molecule has 52 valence electrons. The van der Waals surface area contributed by atoms with Crippen molar-refractivity contribution in [1.29, 1.82) is 0 Å². The molecule has 0 unspecified atom stereocenters. The lowest BCUT2D eigenvalue weighted by atomic mass is 10.7. The number of nitrogens with zero attached hydrogens (tertiary/aromatic N) is 1. The topological polar surface area (TPSA) is 101 Å². The number of hydrogen-bond donors (Lipinski definition) is 3. The van der Waals surface area contributed by atoms with E-state index in [1.54, 1.807) is 5.43 Å². The zero-order valence-corrected chi connectivity index (χ0v) is 4.92. The molecule has 0 atom stereocenters. The van der Waals surface area contributed by atoms with E-state index in [2.05, 4.69) is 5.84 Å². The van der Waals surface area contributed by atoms with Gasteiger partial charge in [-0.2, -0.15) is 5.01 Å². The summed E-state index contributed by atoms with van der Waals surface area (Å²) < 4.78 is 0. The van der Waals surface area contributed by atoms with Gasteiger partial charge in [0, 0.05) is 6.92 Å². The Morgan fingerprint density at radius 2 is 2.00 bits per heavy atom. The number of hydrogen-bond acceptors (Lipinski definition) is 4. The third-order valence-corrected chi connectivity index (χ3v) is 0.682. The summed E-state index contributed by atoms with van der Waals surface area (Å²) in [4.78, 5) is 20.5. The van der Waals surface area contributed by atoms with Crippen molar-refractivity contribution < 1.29 is 9.59 Å². The van der Waals surface area contributed by atoms with Gasteiger partial charge in [0.15, 0.2) is 0 Å². The van der Waals surface area contributed by atoms with E-state index >= 15 is 0 Å². The van der Waals surface area contributed by atoms with Crippen LogP contribution in [-0.2, 0) is 4.79 Å². The fraction of sp³-hybridized carbons (Fsp3) is 0.333. The summed E-state index contributed by atoms with van der Waals surface area (Å²) in [5, 5.41) is 0.375. The van der Waals surface area contributed by atoms with Gasteiger partial charge < -0.3 is 0 Å². The van der Waals surface area contributed by atoms with Gasteiger partial charge in [-0.05, 0) is 0 Å². The second-order valence-corrected chi connectivity index (χ2v) is 1.34. The fourth-order valence-electron chi connectivity index (χ4n) is 0.213. The maximum absolute atomic E-state index is 10.3. The van der Waals surface area contributed by atoms with E-state index in [4.69, 9.17) is 5.84 Å². The van der Waals surface area contributed by atoms with Gasteiger partial charge >= 0.3 is 6.03 Å². The molecule has 0 aromatic heterocycles. The number of rotatable bonds is 0. The monoisotopic (exact) mass is 132 g/mol. The molecule has 0 aliphatic carbocycles. The van der Waals surface area contributed by atoms with Gasteiger partial charge in [0.1, 0.15) is 0 Å². The van der Waals surface area contributed by atoms with Crippen molar-refractivity contribution in [3.8, 4) is 0 Å². The molecule has 0 rings (SSSR count). The van der Waals surface area contributed by atoms with Crippen LogP contribution in [0.15, 0.2) is 0 Å². The van der Waals surface area contributed by atoms with Gasteiger partial charge in [0.25, 0.3) is 0 Å². The molecule has 0 aromatic rings. The van der Waals surface area contributed by atoms with Crippen LogP contribution in [0.5, 0.6) is 0 Å². The molecule has 0 radical (unpaired) electrons. The summed E-state index contributed by atoms with van der Waals surface area (Å²) >= 11 is 0. The largest absolute Gasteiger partial charge is 0.352 e. The third-order valence-electron chi connectivity index (χ3n) is 0.682. The van der Waals surface area contributed by atoms with E-state index < -0.39 is 11.9 Å². The van der Waals surface area contributed by atoms with Crippen LogP contribution < -0.4 is 17.1 Å². The first-order chi connectivity index (χ1) is 4.09. The third kappa shape index (κ3) is 2.06. The highest BCUT2D eigenvalue weighted by Gasteiger charge is 2.09. The molecule has 0 spiro atoms. The highest BCUT2D eigenvalue weighted by molar-refractivity contribution is 5.91. The van der Waals surface area contributed by atoms with Crippen molar-refractivity contribution >= 4 is 11.9 Å². The number of carbonyl (C=O) groups excluding carboxylic acids is 2. The predicted molar refractivity (Wildman–Crippen MR) is 29.4 cm³/mol. The average molecular weight is 132 g/mol. The first kappa shape index (κ1) is 7.86. The van der Waals surface area contributed by atoms with Crippen LogP contribution >= 0.6 is 0 Å². The molecule has 5 N–H and O–H groups in total. The molecule has 6 nitrogen and oxygen atoms in total. The van der Waals surface area contributed by atoms with Gasteiger partial charge in [0.05, 0.1) is 0 Å². The molecule has 0 saturated heterocycles. The van der Waals surface area contributed by atoms with Gasteiger partial charge in [0.2, 0.25) is 5.91 Å². The van der Waals surface area contributed by atoms with Crippen molar-refractivity contribution in [3.05, 3.63) is 0 Å². The highest BCUT2D eigenvalue weighted by Crippen LogP contribution is 1.76. The number of amides is 3. The summed E-state index contributed by atoms with van der Waals surface area (Å²) in [6.45, 7) is 1.15. The number of nitrogens with two attached hydrogens (primary N) is 2. The van der Waals surface area contributed by atoms with Crippen LogP contribution in [0.1, 0.15) is 6.92 Å². The van der Waals surface area contributed by atoms with Gasteiger partial charge in [-0.25, -0.2) is 16.5 Å². The lowest BCUT2D eigenvalue weighted by molar-refractivity contribution is -0.126. The Kier molecular flexibility index (Phi) is 2.62. The summed E-state index contributed by atoms with van der Waals surface area (Å²) in [5.74, 6) is 8.93. The Morgan fingerprint density at radius 1 is 1.56 bits per heavy atom. The molecular weight excluding hydrogens is 124 g/mol. The molecule has 9 heavy (non-hydrogen) atoms. The average Bonchev–Trinajstić information content (AvgIpc) is 1.84. The summed E-state index contributed by atoms with van der Waals surface area (Å²) in [7, 11) is 0. The van der Waals surface area contributed by atoms with Crippen LogP contribution in [0.4, 0.5) is 4.79 Å². The molecule has 0 aromatic carbocycles. The van der Waals surface area contributed by atoms with Gasteiger partial charge in [-0.1, -0.05) is 0 Å². The SMILES string of the molecule is CC(=O)N(N)C(=O)NN. The first-order valence-corrected chi connectivity index (χ1v) is 2.15. The Labute approximate surface area is 51.7 Å². The molecule has 0 saturated carbocycles. The van der Waals surface area contributed by atoms with Gasteiger partial charge in [-0.3, -0.25) is 10.2 Å². The second-order valence-electron chi connectivity index (χ2n) is 1.34. The van der Waals surface area contributed by atoms with Crippen molar-refractivity contribution in [2.75, 3.05) is 0 Å². The zero-order valence-electron chi connectivity index (χ0n) is 4.92. The molecule has 0 fully saturated rings. The maximum atomic E-state index is 10.3. The quantitative estimate of drug-likeness (QED) is 0.207. The number of hydrazine groups is 2. The standard InChI is InChI=1S/C3H8N4O2/c1-2(8)7(5)3(9)6-4/h4-5H2,1H3,(H,6,9). The van der Waals surface area contributed by atoms with Gasteiger partial charge in [-0.15, -0.1) is 0 Å². The summed E-state index contributed by atoms with van der Waals surface area (Å²) in [6, 6.07) is -0.831. The zero-order chi connectivity index (χ0) is 7.44. The Hall–Kier alpha value is -1.14. The molecule has 0 bridgehead atoms. The Morgan fingerprint density at radius 3 is 2.11 bits per heavy atom. The summed E-state index contributed by atoms with van der Waals surface area (Å²) in [6.07, 6.45) is 0. The van der Waals surface area contributed by atoms with Crippen molar-refractivity contribution in [2.45, 2.75) is 6.92 Å². The minimum Gasteiger partial charge on any atom is -0.274 e. The van der Waals surface area contributed by atoms with Crippen LogP contribution in [0.3, 0.4) is 0 Å². The Bertz CT molecular complexity index is 134. The fourth-order valence-corrected chi connectivity index (χ4v) is 0.213. The number of imide groups is 1. The normalized spacial score (nSPS) is 8.33. The molecule has 0 aliphatic rings. The van der Waals surface area contributed by atoms with E-state index in [1.165, 1.54) is 0 Å². The first-order valence-electron chi connectivity index (χ1n) is 2.15. The molecular formula is C3H8N4O2. The maximum Gasteiger partial charge on any atom is 0.352 e. The van der Waals surface area contributed by atoms with E-state index in [9.17, 15) is 9.59 Å². The van der Waals surface area contributed by atoms with Crippen molar-refractivity contribution in [1.82, 2.24) is 10.4 Å². The van der Waals surface area contributed by atoms with Crippen LogP contribution in [0, 0.1) is 0 Å². The lowest BCUT2D eigenvalue weighted by Crippen LogP contribution is -2.49. The predicted octanol–water partition coefficient (Wildman–Crippen LogP) is -1.71. The Balaban J connectivity index is 3.88. The molecule has 0 aliphatic heterocycles. The van der Waals surface area contributed by atoms with E-state index in [0.717, 1.165) is 6.92 Å². The number of carbonyl (C=O) groups is 2. The summed E-state index contributed by atoms with van der Waals surface area (Å²) in [5.41, 5.74) is 1.69. The van der Waals surface area contributed by atoms with E-state index in [1.807, 2.05) is 0 Å². The number of nitrogens with one attached hydrogen (secondary N) is 1. The van der Waals surface area contributed by atoms with Crippen molar-refractivity contribution in [3.63, 3.8) is 0 Å². The molecule has 3 amide bonds. The van der Waals surface area contributed by atoms with E-state index in [0.29, 0.717) is 5.01 Å². The second kappa shape index (κ2) is 3.00. The smallest absolute Gasteiger partial charge is 0.274 e. The highest BCUT2D eigenvalue weighted by atomic mass is 16.2. The lowest BCUT2D eigenvalue weighted by Gasteiger charge is -2.09. The van der Waals surface area contributed by atoms with Crippen molar-refractivity contribution in [2.24, 2.45) is 11.7 Å². The minimum atomic E-state index is -0.831. The minimum absolute atomic E-state index is 0.375. The van der Waals surface area contributed by atoms with E-state index in [-0.39, 0.29) is 0 Å². The molecule has 6 heteroatoms. The van der Waals surface area contributed by atoms with Crippen LogP contribution in [-0.4, -0.2) is 16.9 Å². The van der Waals surface area contributed by atoms with Crippen LogP contribution in [0.25, 0.3) is 0 Å². The van der Waals surface area contributed by atoms with Crippen LogP contribution in [0.2, 0.25) is 0 Å². The number of urea groups is 1.